The summed E-state index contributed by atoms with van der Waals surface area (Å²) in [5, 5.41) is 4.69. The van der Waals surface area contributed by atoms with E-state index in [9.17, 15) is 0 Å². The van der Waals surface area contributed by atoms with Crippen LogP contribution in [0.4, 0.5) is 0 Å². The first-order valence-corrected chi connectivity index (χ1v) is 12.1. The second-order valence-corrected chi connectivity index (χ2v) is 10.4. The molecule has 2 atom stereocenters. The van der Waals surface area contributed by atoms with Crippen molar-refractivity contribution in [2.45, 2.75) is 62.8 Å². The van der Waals surface area contributed by atoms with Gasteiger partial charge in [0.25, 0.3) is 0 Å². The lowest BCUT2D eigenvalue weighted by molar-refractivity contribution is -0.0339. The Labute approximate surface area is 184 Å². The molecule has 2 aromatic carbocycles. The molecule has 160 valence electrons. The molecule has 4 heteroatoms. The number of hydrogen-bond donors (Lipinski definition) is 2. The number of rotatable bonds is 4. The van der Waals surface area contributed by atoms with Crippen molar-refractivity contribution in [3.05, 3.63) is 65.4 Å². The number of aromatic nitrogens is 1. The maximum atomic E-state index is 6.10. The van der Waals surface area contributed by atoms with Gasteiger partial charge < -0.3 is 15.0 Å². The lowest BCUT2D eigenvalue weighted by Gasteiger charge is -2.55. The van der Waals surface area contributed by atoms with Gasteiger partial charge in [-0.05, 0) is 74.3 Å². The minimum Gasteiger partial charge on any atom is -0.488 e. The lowest BCUT2D eigenvalue weighted by Crippen LogP contribution is -2.59. The molecule has 3 aliphatic carbocycles. The molecule has 4 nitrogen and oxygen atoms in total. The molecule has 3 heterocycles. The molecule has 3 saturated carbocycles. The Morgan fingerprint density at radius 2 is 1.84 bits per heavy atom. The van der Waals surface area contributed by atoms with Gasteiger partial charge in [-0.15, -0.1) is 0 Å². The van der Waals surface area contributed by atoms with Gasteiger partial charge in [0.1, 0.15) is 11.9 Å². The van der Waals surface area contributed by atoms with Crippen molar-refractivity contribution < 1.29 is 4.74 Å². The van der Waals surface area contributed by atoms with Crippen LogP contribution in [0.25, 0.3) is 10.9 Å². The van der Waals surface area contributed by atoms with Crippen LogP contribution >= 0.6 is 0 Å². The first-order chi connectivity index (χ1) is 15.2. The van der Waals surface area contributed by atoms with E-state index in [-0.39, 0.29) is 0 Å². The smallest absolute Gasteiger partial charge is 0.123 e. The maximum absolute atomic E-state index is 6.10. The quantitative estimate of drug-likeness (QED) is 0.646. The molecule has 0 amide bonds. The van der Waals surface area contributed by atoms with Gasteiger partial charge in [0.05, 0.1) is 6.04 Å². The summed E-state index contributed by atoms with van der Waals surface area (Å²) in [5.41, 5.74) is 6.01. The third kappa shape index (κ3) is 2.68. The summed E-state index contributed by atoms with van der Waals surface area (Å²) < 4.78 is 6.10. The molecular formula is C27H31N3O. The Hall–Kier alpha value is -2.30. The predicted octanol–water partition coefficient (Wildman–Crippen LogP) is 4.80. The van der Waals surface area contributed by atoms with E-state index in [1.54, 1.807) is 0 Å². The molecule has 1 saturated heterocycles. The fourth-order valence-electron chi connectivity index (χ4n) is 7.03. The zero-order valence-corrected chi connectivity index (χ0v) is 18.2. The molecule has 1 aromatic heterocycles. The molecule has 2 N–H and O–H groups in total. The minimum atomic E-state index is 0.296. The second kappa shape index (κ2) is 6.60. The highest BCUT2D eigenvalue weighted by atomic mass is 16.5. The maximum Gasteiger partial charge on any atom is 0.123 e. The molecular weight excluding hydrogens is 382 g/mol. The summed E-state index contributed by atoms with van der Waals surface area (Å²) in [4.78, 5) is 6.76. The highest BCUT2D eigenvalue weighted by Gasteiger charge is 2.57. The predicted molar refractivity (Wildman–Crippen MR) is 124 cm³/mol. The summed E-state index contributed by atoms with van der Waals surface area (Å²) in [6.45, 7) is 4.37. The highest BCUT2D eigenvalue weighted by Crippen LogP contribution is 2.60. The van der Waals surface area contributed by atoms with Crippen LogP contribution in [0.15, 0.2) is 48.5 Å². The van der Waals surface area contributed by atoms with E-state index in [4.69, 9.17) is 4.74 Å². The highest BCUT2D eigenvalue weighted by molar-refractivity contribution is 5.85. The molecule has 8 rings (SSSR count). The summed E-state index contributed by atoms with van der Waals surface area (Å²) >= 11 is 0. The van der Waals surface area contributed by atoms with Gasteiger partial charge in [0.15, 0.2) is 0 Å². The molecule has 0 unspecified atom stereocenters. The largest absolute Gasteiger partial charge is 0.488 e. The average Bonchev–Trinajstić information content (AvgIpc) is 3.43. The Bertz CT molecular complexity index is 1120. The number of benzene rings is 2. The van der Waals surface area contributed by atoms with E-state index < -0.39 is 0 Å². The van der Waals surface area contributed by atoms with Crippen LogP contribution in [0.3, 0.4) is 0 Å². The van der Waals surface area contributed by atoms with Gasteiger partial charge in [-0.25, -0.2) is 0 Å². The fraction of sp³-hybridized carbons (Fsp3) is 0.481. The van der Waals surface area contributed by atoms with Crippen LogP contribution in [-0.2, 0) is 6.42 Å². The molecule has 3 aromatic rings. The number of aromatic amines is 1. The van der Waals surface area contributed by atoms with Crippen molar-refractivity contribution in [2.24, 2.45) is 5.92 Å². The number of hydrogen-bond acceptors (Lipinski definition) is 3. The molecule has 0 spiro atoms. The number of para-hydroxylation sites is 1. The van der Waals surface area contributed by atoms with E-state index in [1.807, 2.05) is 0 Å². The molecule has 2 bridgehead atoms. The Morgan fingerprint density at radius 1 is 1.03 bits per heavy atom. The molecule has 0 radical (unpaired) electrons. The van der Waals surface area contributed by atoms with Gasteiger partial charge >= 0.3 is 0 Å². The van der Waals surface area contributed by atoms with Gasteiger partial charge in [-0.1, -0.05) is 30.3 Å². The topological polar surface area (TPSA) is 40.3 Å². The normalized spacial score (nSPS) is 32.5. The zero-order chi connectivity index (χ0) is 20.6. The van der Waals surface area contributed by atoms with Gasteiger partial charge in [-0.3, -0.25) is 4.90 Å². The molecule has 4 fully saturated rings. The Morgan fingerprint density at radius 3 is 2.55 bits per heavy atom. The first-order valence-electron chi connectivity index (χ1n) is 12.1. The summed E-state index contributed by atoms with van der Waals surface area (Å²) in [6, 6.07) is 18.7. The minimum absolute atomic E-state index is 0.296. The van der Waals surface area contributed by atoms with E-state index in [2.05, 4.69) is 70.7 Å². The zero-order valence-electron chi connectivity index (χ0n) is 18.2. The third-order valence-corrected chi connectivity index (χ3v) is 8.52. The molecule has 2 aliphatic heterocycles. The number of ether oxygens (including phenoxy) is 1. The van der Waals surface area contributed by atoms with Crippen LogP contribution in [0.1, 0.15) is 55.5 Å². The van der Waals surface area contributed by atoms with E-state index >= 15 is 0 Å². The Kier molecular flexibility index (Phi) is 3.89. The molecule has 5 aliphatic rings. The second-order valence-electron chi connectivity index (χ2n) is 10.4. The van der Waals surface area contributed by atoms with Crippen molar-refractivity contribution in [2.75, 3.05) is 13.1 Å². The van der Waals surface area contributed by atoms with E-state index in [1.165, 1.54) is 53.4 Å². The average molecular weight is 414 g/mol. The van der Waals surface area contributed by atoms with Crippen molar-refractivity contribution in [3.63, 3.8) is 0 Å². The summed E-state index contributed by atoms with van der Waals surface area (Å²) in [7, 11) is 0. The number of nitrogens with zero attached hydrogens (tertiary/aromatic N) is 1. The van der Waals surface area contributed by atoms with Crippen LogP contribution in [-0.4, -0.2) is 40.7 Å². The van der Waals surface area contributed by atoms with Crippen LogP contribution < -0.4 is 10.1 Å². The van der Waals surface area contributed by atoms with E-state index in [0.29, 0.717) is 23.7 Å². The monoisotopic (exact) mass is 413 g/mol. The standard InChI is InChI=1S/C27H31N3O/c1-17-12-23-22-4-2-3-5-24(22)29-25(23)26(30(17)27-11-10-18(13-27)14-27)19-6-8-20(9-7-19)31-21-15-28-16-21/h2-9,17-18,21,26,28-29H,10-16H2,1H3/t17-,18?,26-,27?/m1/s1. The SMILES string of the molecule is C[C@@H]1Cc2c([nH]c3ccccc23)[C@@H](c2ccc(OC3CNC3)cc2)N1C12CCC(C1)C2. The number of fused-ring (bicyclic) bond motifs is 4. The molecule has 31 heavy (non-hydrogen) atoms. The van der Waals surface area contributed by atoms with Crippen LogP contribution in [0.2, 0.25) is 0 Å². The van der Waals surface area contributed by atoms with Crippen LogP contribution in [0, 0.1) is 5.92 Å². The van der Waals surface area contributed by atoms with Gasteiger partial charge in [0, 0.05) is 41.3 Å². The van der Waals surface area contributed by atoms with Gasteiger partial charge in [-0.2, -0.15) is 0 Å². The third-order valence-electron chi connectivity index (χ3n) is 8.52. The van der Waals surface area contributed by atoms with E-state index in [0.717, 1.165) is 31.2 Å². The fourth-order valence-corrected chi connectivity index (χ4v) is 7.03. The summed E-state index contributed by atoms with van der Waals surface area (Å²) in [5.74, 6) is 1.95. The van der Waals surface area contributed by atoms with Crippen molar-refractivity contribution in [1.29, 1.82) is 0 Å². The first kappa shape index (κ1) is 18.3. The van der Waals surface area contributed by atoms with Crippen molar-refractivity contribution >= 4 is 10.9 Å². The van der Waals surface area contributed by atoms with Crippen molar-refractivity contribution in [1.82, 2.24) is 15.2 Å². The van der Waals surface area contributed by atoms with Crippen molar-refractivity contribution in [3.8, 4) is 5.75 Å². The summed E-state index contributed by atoms with van der Waals surface area (Å²) in [6.07, 6.45) is 7.01. The number of nitrogens with one attached hydrogen (secondary N) is 2. The van der Waals surface area contributed by atoms with Gasteiger partial charge in [0.2, 0.25) is 0 Å². The Balaban J connectivity index is 1.33. The lowest BCUT2D eigenvalue weighted by atomic mass is 9.72. The number of H-pyrrole nitrogens is 1. The van der Waals surface area contributed by atoms with Crippen LogP contribution in [0.5, 0.6) is 5.75 Å².